The molecule has 1 heterocycles. The lowest BCUT2D eigenvalue weighted by Gasteiger charge is -2.32. The van der Waals surface area contributed by atoms with Crippen LogP contribution in [0.25, 0.3) is 0 Å². The van der Waals surface area contributed by atoms with E-state index < -0.39 is 11.8 Å². The van der Waals surface area contributed by atoms with Crippen molar-refractivity contribution in [1.29, 1.82) is 0 Å². The van der Waals surface area contributed by atoms with E-state index in [0.717, 1.165) is 51.1 Å². The second-order valence-corrected chi connectivity index (χ2v) is 7.06. The van der Waals surface area contributed by atoms with E-state index in [4.69, 9.17) is 4.74 Å². The molecule has 0 atom stereocenters. The number of benzene rings is 1. The number of amides is 2. The zero-order chi connectivity index (χ0) is 19.6. The fourth-order valence-electron chi connectivity index (χ4n) is 2.90. The third-order valence-corrected chi connectivity index (χ3v) is 4.59. The minimum atomic E-state index is -0.667. The summed E-state index contributed by atoms with van der Waals surface area (Å²) in [6.07, 6.45) is 1.70. The molecule has 0 radical (unpaired) electrons. The number of hydrogen-bond donors (Lipinski definition) is 2. The summed E-state index contributed by atoms with van der Waals surface area (Å²) in [6, 6.07) is 5.50. The van der Waals surface area contributed by atoms with Gasteiger partial charge in [-0.2, -0.15) is 0 Å². The number of rotatable bonds is 8. The van der Waals surface area contributed by atoms with Crippen LogP contribution in [0, 0.1) is 6.92 Å². The Kier molecular flexibility index (Phi) is 8.54. The molecule has 2 N–H and O–H groups in total. The molecule has 1 fully saturated rings. The SMILES string of the molecule is CCCOc1cc(C)ccc1NC(=O)C(=O)NCCCN1CCN(C)CC1. The Morgan fingerprint density at radius 1 is 1.15 bits per heavy atom. The van der Waals surface area contributed by atoms with Crippen LogP contribution in [0.15, 0.2) is 18.2 Å². The Balaban J connectivity index is 1.74. The molecule has 1 aliphatic rings. The average molecular weight is 377 g/mol. The highest BCUT2D eigenvalue weighted by molar-refractivity contribution is 6.39. The molecule has 150 valence electrons. The quantitative estimate of drug-likeness (QED) is 0.531. The van der Waals surface area contributed by atoms with Crippen LogP contribution in [0.2, 0.25) is 0 Å². The van der Waals surface area contributed by atoms with Crippen molar-refractivity contribution in [3.8, 4) is 5.75 Å². The third kappa shape index (κ3) is 7.19. The van der Waals surface area contributed by atoms with Crippen LogP contribution in [-0.2, 0) is 9.59 Å². The summed E-state index contributed by atoms with van der Waals surface area (Å²) in [5, 5.41) is 5.35. The number of carbonyl (C=O) groups excluding carboxylic acids is 2. The van der Waals surface area contributed by atoms with Crippen LogP contribution in [0.4, 0.5) is 5.69 Å². The number of carbonyl (C=O) groups is 2. The predicted octanol–water partition coefficient (Wildman–Crippen LogP) is 1.48. The molecule has 0 aliphatic carbocycles. The Labute approximate surface area is 162 Å². The maximum atomic E-state index is 12.2. The van der Waals surface area contributed by atoms with Gasteiger partial charge in [0.2, 0.25) is 0 Å². The van der Waals surface area contributed by atoms with Gasteiger partial charge in [-0.15, -0.1) is 0 Å². The van der Waals surface area contributed by atoms with Gasteiger partial charge in [0.25, 0.3) is 0 Å². The van der Waals surface area contributed by atoms with Gasteiger partial charge in [0.1, 0.15) is 5.75 Å². The zero-order valence-electron chi connectivity index (χ0n) is 16.7. The first-order chi connectivity index (χ1) is 13.0. The van der Waals surface area contributed by atoms with E-state index in [-0.39, 0.29) is 0 Å². The molecule has 0 aromatic heterocycles. The number of aryl methyl sites for hydroxylation is 1. The lowest BCUT2D eigenvalue weighted by atomic mass is 10.2. The van der Waals surface area contributed by atoms with Crippen molar-refractivity contribution in [2.75, 3.05) is 58.2 Å². The molecule has 0 saturated carbocycles. The highest BCUT2D eigenvalue weighted by Gasteiger charge is 2.17. The van der Waals surface area contributed by atoms with Gasteiger partial charge in [-0.1, -0.05) is 13.0 Å². The average Bonchev–Trinajstić information content (AvgIpc) is 2.66. The van der Waals surface area contributed by atoms with E-state index in [0.29, 0.717) is 24.6 Å². The number of nitrogens with one attached hydrogen (secondary N) is 2. The fourth-order valence-corrected chi connectivity index (χ4v) is 2.90. The Morgan fingerprint density at radius 2 is 1.89 bits per heavy atom. The van der Waals surface area contributed by atoms with Gasteiger partial charge >= 0.3 is 11.8 Å². The van der Waals surface area contributed by atoms with E-state index in [2.05, 4.69) is 27.5 Å². The number of nitrogens with zero attached hydrogens (tertiary/aromatic N) is 2. The summed E-state index contributed by atoms with van der Waals surface area (Å²) < 4.78 is 5.67. The van der Waals surface area contributed by atoms with Crippen molar-refractivity contribution in [3.05, 3.63) is 23.8 Å². The van der Waals surface area contributed by atoms with Crippen LogP contribution >= 0.6 is 0 Å². The van der Waals surface area contributed by atoms with E-state index in [1.54, 1.807) is 6.07 Å². The van der Waals surface area contributed by atoms with E-state index >= 15 is 0 Å². The summed E-state index contributed by atoms with van der Waals surface area (Å²) >= 11 is 0. The topological polar surface area (TPSA) is 73.9 Å². The van der Waals surface area contributed by atoms with Gasteiger partial charge in [-0.3, -0.25) is 9.59 Å². The van der Waals surface area contributed by atoms with Gasteiger partial charge in [0, 0.05) is 32.7 Å². The van der Waals surface area contributed by atoms with Gasteiger partial charge in [-0.25, -0.2) is 0 Å². The standard InChI is InChI=1S/C20H32N4O3/c1-4-14-27-18-15-16(2)6-7-17(18)22-20(26)19(25)21-8-5-9-24-12-10-23(3)11-13-24/h6-7,15H,4-5,8-14H2,1-3H3,(H,21,25)(H,22,26). The number of hydrogen-bond acceptors (Lipinski definition) is 5. The molecule has 1 aromatic rings. The monoisotopic (exact) mass is 376 g/mol. The first kappa shape index (κ1) is 21.2. The van der Waals surface area contributed by atoms with Crippen LogP contribution in [0.1, 0.15) is 25.3 Å². The minimum Gasteiger partial charge on any atom is -0.491 e. The fraction of sp³-hybridized carbons (Fsp3) is 0.600. The Morgan fingerprint density at radius 3 is 2.59 bits per heavy atom. The molecule has 0 bridgehead atoms. The molecular weight excluding hydrogens is 344 g/mol. The maximum absolute atomic E-state index is 12.2. The molecule has 7 heteroatoms. The predicted molar refractivity (Wildman–Crippen MR) is 107 cm³/mol. The van der Waals surface area contributed by atoms with Gasteiger partial charge in [0.05, 0.1) is 12.3 Å². The smallest absolute Gasteiger partial charge is 0.313 e. The van der Waals surface area contributed by atoms with Crippen LogP contribution in [0.3, 0.4) is 0 Å². The lowest BCUT2D eigenvalue weighted by Crippen LogP contribution is -2.45. The first-order valence-corrected chi connectivity index (χ1v) is 9.73. The van der Waals surface area contributed by atoms with E-state index in [1.807, 2.05) is 26.0 Å². The highest BCUT2D eigenvalue weighted by Crippen LogP contribution is 2.25. The van der Waals surface area contributed by atoms with Crippen molar-refractivity contribution in [1.82, 2.24) is 15.1 Å². The van der Waals surface area contributed by atoms with Crippen molar-refractivity contribution >= 4 is 17.5 Å². The molecule has 1 aromatic carbocycles. The normalized spacial score (nSPS) is 15.4. The molecule has 1 aliphatic heterocycles. The van der Waals surface area contributed by atoms with Crippen molar-refractivity contribution < 1.29 is 14.3 Å². The van der Waals surface area contributed by atoms with Gasteiger partial charge < -0.3 is 25.2 Å². The molecule has 2 rings (SSSR count). The largest absolute Gasteiger partial charge is 0.491 e. The number of ether oxygens (including phenoxy) is 1. The van der Waals surface area contributed by atoms with Gasteiger partial charge in [-0.05, 0) is 51.1 Å². The van der Waals surface area contributed by atoms with Crippen molar-refractivity contribution in [2.45, 2.75) is 26.7 Å². The molecule has 1 saturated heterocycles. The zero-order valence-corrected chi connectivity index (χ0v) is 16.7. The maximum Gasteiger partial charge on any atom is 0.313 e. The van der Waals surface area contributed by atoms with Crippen LogP contribution in [0.5, 0.6) is 5.75 Å². The van der Waals surface area contributed by atoms with Gasteiger partial charge in [0.15, 0.2) is 0 Å². The number of anilines is 1. The Bertz CT molecular complexity index is 628. The van der Waals surface area contributed by atoms with Crippen LogP contribution in [-0.4, -0.2) is 74.5 Å². The summed E-state index contributed by atoms with van der Waals surface area (Å²) in [4.78, 5) is 28.9. The summed E-state index contributed by atoms with van der Waals surface area (Å²) in [6.45, 7) is 10.2. The molecule has 27 heavy (non-hydrogen) atoms. The second kappa shape index (κ2) is 10.9. The third-order valence-electron chi connectivity index (χ3n) is 4.59. The summed E-state index contributed by atoms with van der Waals surface area (Å²) in [5.74, 6) is -0.691. The summed E-state index contributed by atoms with van der Waals surface area (Å²) in [5.41, 5.74) is 1.55. The van der Waals surface area contributed by atoms with Crippen LogP contribution < -0.4 is 15.4 Å². The first-order valence-electron chi connectivity index (χ1n) is 9.73. The minimum absolute atomic E-state index is 0.492. The number of likely N-dealkylation sites (N-methyl/N-ethyl adjacent to an activating group) is 1. The van der Waals surface area contributed by atoms with Crippen molar-refractivity contribution in [2.24, 2.45) is 0 Å². The van der Waals surface area contributed by atoms with Crippen molar-refractivity contribution in [3.63, 3.8) is 0 Å². The van der Waals surface area contributed by atoms with E-state index in [1.165, 1.54) is 0 Å². The highest BCUT2D eigenvalue weighted by atomic mass is 16.5. The Hall–Kier alpha value is -2.12. The summed E-state index contributed by atoms with van der Waals surface area (Å²) in [7, 11) is 2.13. The molecule has 2 amide bonds. The molecule has 0 unspecified atom stereocenters. The molecular formula is C20H32N4O3. The van der Waals surface area contributed by atoms with E-state index in [9.17, 15) is 9.59 Å². The molecule has 7 nitrogen and oxygen atoms in total. The lowest BCUT2D eigenvalue weighted by molar-refractivity contribution is -0.136. The number of piperazine rings is 1. The second-order valence-electron chi connectivity index (χ2n) is 7.06. The molecule has 0 spiro atoms.